The first kappa shape index (κ1) is 20.1. The van der Waals surface area contributed by atoms with Crippen LogP contribution in [0.3, 0.4) is 0 Å². The van der Waals surface area contributed by atoms with Crippen LogP contribution < -0.4 is 5.32 Å². The summed E-state index contributed by atoms with van der Waals surface area (Å²) in [6.45, 7) is 2.21. The van der Waals surface area contributed by atoms with E-state index in [0.29, 0.717) is 30.6 Å². The quantitative estimate of drug-likeness (QED) is 0.616. The number of nitro groups is 1. The third-order valence-electron chi connectivity index (χ3n) is 5.06. The van der Waals surface area contributed by atoms with Crippen LogP contribution in [0.15, 0.2) is 24.3 Å². The molecule has 0 bridgehead atoms. The van der Waals surface area contributed by atoms with Crippen LogP contribution in [-0.2, 0) is 15.8 Å². The van der Waals surface area contributed by atoms with Gasteiger partial charge in [0.2, 0.25) is 10.0 Å². The summed E-state index contributed by atoms with van der Waals surface area (Å²) in [6, 6.07) is 6.28. The number of hydrogen-bond donors (Lipinski definition) is 1. The first-order valence-corrected chi connectivity index (χ1v) is 10.0. The van der Waals surface area contributed by atoms with Gasteiger partial charge in [0.1, 0.15) is 0 Å². The monoisotopic (exact) mass is 389 g/mol. The van der Waals surface area contributed by atoms with E-state index < -0.39 is 14.9 Å². The highest BCUT2D eigenvalue weighted by atomic mass is 35.5. The number of nitrogens with one attached hydrogen (secondary N) is 1. The van der Waals surface area contributed by atoms with Gasteiger partial charge in [-0.15, -0.1) is 12.4 Å². The molecule has 2 saturated heterocycles. The predicted octanol–water partition coefficient (Wildman–Crippen LogP) is 2.31. The van der Waals surface area contributed by atoms with Gasteiger partial charge >= 0.3 is 0 Å². The van der Waals surface area contributed by atoms with E-state index in [1.807, 2.05) is 0 Å². The van der Waals surface area contributed by atoms with Crippen LogP contribution in [0, 0.1) is 16.0 Å². The summed E-state index contributed by atoms with van der Waals surface area (Å²) >= 11 is 0. The molecule has 0 spiro atoms. The molecule has 2 fully saturated rings. The van der Waals surface area contributed by atoms with Crippen molar-refractivity contribution in [2.45, 2.75) is 37.5 Å². The molecule has 9 heteroatoms. The Hall–Kier alpha value is -1.22. The number of hydrogen-bond acceptors (Lipinski definition) is 5. The minimum atomic E-state index is -3.37. The molecule has 2 aliphatic rings. The normalized spacial score (nSPS) is 22.5. The van der Waals surface area contributed by atoms with Crippen LogP contribution >= 0.6 is 12.4 Å². The molecular formula is C16H24ClN3O4S. The van der Waals surface area contributed by atoms with Crippen LogP contribution in [-0.4, -0.2) is 43.3 Å². The Balaban J connectivity index is 0.00000225. The molecule has 0 aromatic heterocycles. The standard InChI is InChI=1S/C16H23N3O4S.ClH/c20-19(21)15-5-3-13(4-6-15)12-24(22,23)18-10-7-14(8-11-18)16-2-1-9-17-16;/h3-6,14,16-17H,1-2,7-12H2;1H. The van der Waals surface area contributed by atoms with Gasteiger partial charge in [-0.3, -0.25) is 10.1 Å². The molecule has 0 amide bonds. The summed E-state index contributed by atoms with van der Waals surface area (Å²) in [7, 11) is -3.37. The maximum absolute atomic E-state index is 12.6. The summed E-state index contributed by atoms with van der Waals surface area (Å²) < 4.78 is 26.7. The van der Waals surface area contributed by atoms with Crippen molar-refractivity contribution in [3.05, 3.63) is 39.9 Å². The topological polar surface area (TPSA) is 92.5 Å². The number of nitrogens with zero attached hydrogens (tertiary/aromatic N) is 2. The van der Waals surface area contributed by atoms with Gasteiger partial charge in [0.15, 0.2) is 0 Å². The van der Waals surface area contributed by atoms with Crippen molar-refractivity contribution < 1.29 is 13.3 Å². The fraction of sp³-hybridized carbons (Fsp3) is 0.625. The van der Waals surface area contributed by atoms with E-state index in [1.165, 1.54) is 37.1 Å². The average molecular weight is 390 g/mol. The number of benzene rings is 1. The van der Waals surface area contributed by atoms with E-state index in [1.54, 1.807) is 4.31 Å². The zero-order valence-corrected chi connectivity index (χ0v) is 15.6. The van der Waals surface area contributed by atoms with Gasteiger partial charge in [-0.1, -0.05) is 12.1 Å². The molecule has 7 nitrogen and oxygen atoms in total. The number of non-ortho nitro benzene ring substituents is 1. The highest BCUT2D eigenvalue weighted by molar-refractivity contribution is 7.88. The maximum Gasteiger partial charge on any atom is 0.269 e. The Morgan fingerprint density at radius 2 is 1.80 bits per heavy atom. The molecule has 2 heterocycles. The van der Waals surface area contributed by atoms with Crippen molar-refractivity contribution in [2.24, 2.45) is 5.92 Å². The molecule has 1 atom stereocenters. The molecule has 2 aliphatic heterocycles. The van der Waals surface area contributed by atoms with Gasteiger partial charge in [-0.25, -0.2) is 12.7 Å². The second kappa shape index (κ2) is 8.44. The zero-order valence-electron chi connectivity index (χ0n) is 14.0. The molecule has 0 radical (unpaired) electrons. The van der Waals surface area contributed by atoms with E-state index in [2.05, 4.69) is 5.32 Å². The van der Waals surface area contributed by atoms with Gasteiger partial charge in [0.25, 0.3) is 5.69 Å². The molecule has 0 aliphatic carbocycles. The van der Waals surface area contributed by atoms with Crippen molar-refractivity contribution in [2.75, 3.05) is 19.6 Å². The van der Waals surface area contributed by atoms with Crippen molar-refractivity contribution in [3.8, 4) is 0 Å². The Kier molecular flexibility index (Phi) is 6.79. The number of sulfonamides is 1. The van der Waals surface area contributed by atoms with Crippen LogP contribution in [0.5, 0.6) is 0 Å². The molecule has 140 valence electrons. The summed E-state index contributed by atoms with van der Waals surface area (Å²) in [5.74, 6) is 0.468. The predicted molar refractivity (Wildman–Crippen MR) is 98.3 cm³/mol. The Bertz CT molecular complexity index is 682. The Labute approximate surface area is 154 Å². The second-order valence-corrected chi connectivity index (χ2v) is 8.59. The Morgan fingerprint density at radius 1 is 1.16 bits per heavy atom. The van der Waals surface area contributed by atoms with E-state index in [9.17, 15) is 18.5 Å². The lowest BCUT2D eigenvalue weighted by atomic mass is 9.89. The zero-order chi connectivity index (χ0) is 17.2. The first-order valence-electron chi connectivity index (χ1n) is 8.40. The fourth-order valence-electron chi connectivity index (χ4n) is 3.69. The molecule has 0 saturated carbocycles. The number of nitro benzene ring substituents is 1. The smallest absolute Gasteiger partial charge is 0.269 e. The molecule has 1 aromatic rings. The van der Waals surface area contributed by atoms with Crippen molar-refractivity contribution in [3.63, 3.8) is 0 Å². The van der Waals surface area contributed by atoms with Crippen LogP contribution in [0.4, 0.5) is 5.69 Å². The summed E-state index contributed by atoms with van der Waals surface area (Å²) in [4.78, 5) is 10.2. The minimum absolute atomic E-state index is 0. The second-order valence-electron chi connectivity index (χ2n) is 6.62. The number of halogens is 1. The third-order valence-corrected chi connectivity index (χ3v) is 6.91. The molecule has 1 N–H and O–H groups in total. The van der Waals surface area contributed by atoms with E-state index in [-0.39, 0.29) is 23.8 Å². The van der Waals surface area contributed by atoms with E-state index >= 15 is 0 Å². The summed E-state index contributed by atoms with van der Waals surface area (Å²) in [6.07, 6.45) is 4.21. The van der Waals surface area contributed by atoms with Gasteiger partial charge in [0.05, 0.1) is 10.7 Å². The van der Waals surface area contributed by atoms with Crippen molar-refractivity contribution in [1.82, 2.24) is 9.62 Å². The summed E-state index contributed by atoms with van der Waals surface area (Å²) in [5.41, 5.74) is 0.557. The minimum Gasteiger partial charge on any atom is -0.314 e. The largest absolute Gasteiger partial charge is 0.314 e. The van der Waals surface area contributed by atoms with Crippen molar-refractivity contribution in [1.29, 1.82) is 0 Å². The average Bonchev–Trinajstić information content (AvgIpc) is 3.09. The van der Waals surface area contributed by atoms with Crippen LogP contribution in [0.2, 0.25) is 0 Å². The fourth-order valence-corrected chi connectivity index (χ4v) is 5.25. The lowest BCUT2D eigenvalue weighted by molar-refractivity contribution is -0.384. The third kappa shape index (κ3) is 4.91. The van der Waals surface area contributed by atoms with Gasteiger partial charge in [-0.2, -0.15) is 0 Å². The molecular weight excluding hydrogens is 366 g/mol. The highest BCUT2D eigenvalue weighted by Crippen LogP contribution is 2.27. The SMILES string of the molecule is Cl.O=[N+]([O-])c1ccc(CS(=O)(=O)N2CCC(C3CCCN3)CC2)cc1. The van der Waals surface area contributed by atoms with Crippen LogP contribution in [0.1, 0.15) is 31.2 Å². The summed E-state index contributed by atoms with van der Waals surface area (Å²) in [5, 5.41) is 14.2. The maximum atomic E-state index is 12.6. The molecule has 25 heavy (non-hydrogen) atoms. The number of rotatable bonds is 5. The Morgan fingerprint density at radius 3 is 2.32 bits per heavy atom. The van der Waals surface area contributed by atoms with E-state index in [4.69, 9.17) is 0 Å². The lowest BCUT2D eigenvalue weighted by Gasteiger charge is -2.34. The first-order chi connectivity index (χ1) is 11.5. The lowest BCUT2D eigenvalue weighted by Crippen LogP contribution is -2.43. The molecule has 1 unspecified atom stereocenters. The molecule has 1 aromatic carbocycles. The van der Waals surface area contributed by atoms with Gasteiger partial charge in [0, 0.05) is 31.3 Å². The van der Waals surface area contributed by atoms with Gasteiger partial charge in [-0.05, 0) is 43.7 Å². The molecule has 3 rings (SSSR count). The number of piperidine rings is 1. The highest BCUT2D eigenvalue weighted by Gasteiger charge is 2.32. The van der Waals surface area contributed by atoms with Crippen molar-refractivity contribution >= 4 is 28.1 Å². The van der Waals surface area contributed by atoms with Crippen LogP contribution in [0.25, 0.3) is 0 Å². The van der Waals surface area contributed by atoms with E-state index in [0.717, 1.165) is 19.4 Å². The van der Waals surface area contributed by atoms with Gasteiger partial charge < -0.3 is 5.32 Å².